The lowest BCUT2D eigenvalue weighted by atomic mass is 9.90. The highest BCUT2D eigenvalue weighted by atomic mass is 16.5. The summed E-state index contributed by atoms with van der Waals surface area (Å²) in [6.07, 6.45) is 4.20. The summed E-state index contributed by atoms with van der Waals surface area (Å²) in [5.74, 6) is 0.446. The van der Waals surface area contributed by atoms with E-state index in [1.54, 1.807) is 12.1 Å². The number of phenols is 1. The van der Waals surface area contributed by atoms with Crippen molar-refractivity contribution in [3.05, 3.63) is 53.1 Å². The lowest BCUT2D eigenvalue weighted by Gasteiger charge is -2.18. The molecule has 5 nitrogen and oxygen atoms in total. The summed E-state index contributed by atoms with van der Waals surface area (Å²) in [6, 6.07) is 10.9. The minimum Gasteiger partial charge on any atom is -0.507 e. The smallest absolute Gasteiger partial charge is 0.259 e. The van der Waals surface area contributed by atoms with Crippen LogP contribution in [-0.4, -0.2) is 43.2 Å². The van der Waals surface area contributed by atoms with E-state index in [2.05, 4.69) is 5.32 Å². The molecule has 0 fully saturated rings. The van der Waals surface area contributed by atoms with Crippen molar-refractivity contribution in [1.82, 2.24) is 4.90 Å². The first-order valence-corrected chi connectivity index (χ1v) is 9.06. The second-order valence-electron chi connectivity index (χ2n) is 6.98. The number of carbonyl (C=O) groups excluding carboxylic acids is 1. The Labute approximate surface area is 154 Å². The fourth-order valence-corrected chi connectivity index (χ4v) is 3.16. The Morgan fingerprint density at radius 1 is 1.15 bits per heavy atom. The van der Waals surface area contributed by atoms with Gasteiger partial charge in [0.2, 0.25) is 0 Å². The molecule has 0 saturated carbocycles. The van der Waals surface area contributed by atoms with Gasteiger partial charge in [0.15, 0.2) is 0 Å². The molecule has 2 aromatic carbocycles. The van der Waals surface area contributed by atoms with Crippen LogP contribution in [0.4, 0.5) is 5.69 Å². The Balaban J connectivity index is 1.70. The van der Waals surface area contributed by atoms with Crippen LogP contribution >= 0.6 is 0 Å². The predicted octanol–water partition coefficient (Wildman–Crippen LogP) is 3.46. The van der Waals surface area contributed by atoms with Gasteiger partial charge >= 0.3 is 0 Å². The van der Waals surface area contributed by atoms with Gasteiger partial charge < -0.3 is 20.1 Å². The van der Waals surface area contributed by atoms with Crippen LogP contribution in [0.15, 0.2) is 36.4 Å². The molecule has 0 atom stereocenters. The second-order valence-corrected chi connectivity index (χ2v) is 6.98. The first-order chi connectivity index (χ1) is 12.5. The molecule has 26 heavy (non-hydrogen) atoms. The first kappa shape index (κ1) is 18.3. The van der Waals surface area contributed by atoms with Crippen molar-refractivity contribution in [3.8, 4) is 11.5 Å². The van der Waals surface area contributed by atoms with E-state index in [0.717, 1.165) is 37.8 Å². The topological polar surface area (TPSA) is 61.8 Å². The highest BCUT2D eigenvalue weighted by Crippen LogP contribution is 2.29. The highest BCUT2D eigenvalue weighted by molar-refractivity contribution is 6.06. The molecule has 1 aliphatic carbocycles. The van der Waals surface area contributed by atoms with Crippen LogP contribution in [0, 0.1) is 0 Å². The van der Waals surface area contributed by atoms with Gasteiger partial charge in [-0.2, -0.15) is 0 Å². The lowest BCUT2D eigenvalue weighted by Crippen LogP contribution is -2.19. The SMILES string of the molecule is CN(C)CCOc1cccc(NC(=O)c2cc3c(cc2O)CCCC3)c1. The summed E-state index contributed by atoms with van der Waals surface area (Å²) in [5, 5.41) is 13.1. The standard InChI is InChI=1S/C21H26N2O3/c1-23(2)10-11-26-18-9-5-8-17(14-18)22-21(25)19-12-15-6-3-4-7-16(15)13-20(19)24/h5,8-9,12-14,24H,3-4,6-7,10-11H2,1-2H3,(H,22,25). The van der Waals surface area contributed by atoms with E-state index in [-0.39, 0.29) is 11.7 Å². The number of rotatable bonds is 6. The number of ether oxygens (including phenoxy) is 1. The molecule has 0 spiro atoms. The third-order valence-corrected chi connectivity index (χ3v) is 4.60. The molecule has 2 aromatic rings. The van der Waals surface area contributed by atoms with Gasteiger partial charge in [0.1, 0.15) is 18.1 Å². The van der Waals surface area contributed by atoms with Crippen LogP contribution < -0.4 is 10.1 Å². The molecule has 5 heteroatoms. The van der Waals surface area contributed by atoms with Crippen molar-refractivity contribution < 1.29 is 14.6 Å². The number of phenolic OH excluding ortho intramolecular Hbond substituents is 1. The van der Waals surface area contributed by atoms with Gasteiger partial charge in [-0.05, 0) is 75.2 Å². The third kappa shape index (κ3) is 4.55. The quantitative estimate of drug-likeness (QED) is 0.834. The van der Waals surface area contributed by atoms with Gasteiger partial charge in [0, 0.05) is 18.3 Å². The van der Waals surface area contributed by atoms with Gasteiger partial charge in [-0.25, -0.2) is 0 Å². The number of aromatic hydroxyl groups is 1. The summed E-state index contributed by atoms with van der Waals surface area (Å²) in [5.41, 5.74) is 3.29. The second kappa shape index (κ2) is 8.23. The third-order valence-electron chi connectivity index (χ3n) is 4.60. The number of anilines is 1. The van der Waals surface area contributed by atoms with Gasteiger partial charge in [0.25, 0.3) is 5.91 Å². The zero-order valence-electron chi connectivity index (χ0n) is 15.4. The number of aryl methyl sites for hydroxylation is 2. The van der Waals surface area contributed by atoms with Gasteiger partial charge in [-0.1, -0.05) is 6.07 Å². The molecule has 1 amide bonds. The Bertz CT molecular complexity index is 787. The average Bonchev–Trinajstić information content (AvgIpc) is 2.61. The molecular weight excluding hydrogens is 328 g/mol. The Hall–Kier alpha value is -2.53. The molecule has 2 N–H and O–H groups in total. The molecule has 1 aliphatic rings. The van der Waals surface area contributed by atoms with E-state index in [0.29, 0.717) is 23.6 Å². The van der Waals surface area contributed by atoms with Crippen LogP contribution in [0.1, 0.15) is 34.3 Å². The van der Waals surface area contributed by atoms with Crippen molar-refractivity contribution in [2.75, 3.05) is 32.6 Å². The number of hydrogen-bond donors (Lipinski definition) is 2. The number of carbonyl (C=O) groups is 1. The number of nitrogens with one attached hydrogen (secondary N) is 1. The summed E-state index contributed by atoms with van der Waals surface area (Å²) in [4.78, 5) is 14.7. The summed E-state index contributed by atoms with van der Waals surface area (Å²) in [7, 11) is 3.98. The summed E-state index contributed by atoms with van der Waals surface area (Å²) in [6.45, 7) is 1.40. The van der Waals surface area contributed by atoms with Gasteiger partial charge in [-0.15, -0.1) is 0 Å². The van der Waals surface area contributed by atoms with Crippen LogP contribution in [0.5, 0.6) is 11.5 Å². The Kier molecular flexibility index (Phi) is 5.78. The van der Waals surface area contributed by atoms with Crippen molar-refractivity contribution in [3.63, 3.8) is 0 Å². The van der Waals surface area contributed by atoms with E-state index in [1.165, 1.54) is 5.56 Å². The van der Waals surface area contributed by atoms with E-state index in [9.17, 15) is 9.90 Å². The van der Waals surface area contributed by atoms with Crippen LogP contribution in [0.2, 0.25) is 0 Å². The molecule has 0 saturated heterocycles. The Morgan fingerprint density at radius 2 is 1.88 bits per heavy atom. The number of likely N-dealkylation sites (N-methyl/N-ethyl adjacent to an activating group) is 1. The van der Waals surface area contributed by atoms with E-state index >= 15 is 0 Å². The minimum absolute atomic E-state index is 0.0431. The molecular formula is C21H26N2O3. The fraction of sp³-hybridized carbons (Fsp3) is 0.381. The monoisotopic (exact) mass is 354 g/mol. The van der Waals surface area contributed by atoms with E-state index in [1.807, 2.05) is 43.3 Å². The fourth-order valence-electron chi connectivity index (χ4n) is 3.16. The molecule has 138 valence electrons. The first-order valence-electron chi connectivity index (χ1n) is 9.06. The maximum Gasteiger partial charge on any atom is 0.259 e. The number of nitrogens with zero attached hydrogens (tertiary/aromatic N) is 1. The van der Waals surface area contributed by atoms with Crippen molar-refractivity contribution in [2.45, 2.75) is 25.7 Å². The Morgan fingerprint density at radius 3 is 2.62 bits per heavy atom. The lowest BCUT2D eigenvalue weighted by molar-refractivity contribution is 0.102. The van der Waals surface area contributed by atoms with Crippen molar-refractivity contribution in [1.29, 1.82) is 0 Å². The van der Waals surface area contributed by atoms with Crippen LogP contribution in [-0.2, 0) is 12.8 Å². The predicted molar refractivity (Wildman–Crippen MR) is 103 cm³/mol. The number of fused-ring (bicyclic) bond motifs is 1. The molecule has 3 rings (SSSR count). The number of benzene rings is 2. The molecule has 0 radical (unpaired) electrons. The molecule has 0 unspecified atom stereocenters. The van der Waals surface area contributed by atoms with Crippen molar-refractivity contribution >= 4 is 11.6 Å². The zero-order chi connectivity index (χ0) is 18.5. The summed E-state index contributed by atoms with van der Waals surface area (Å²) >= 11 is 0. The highest BCUT2D eigenvalue weighted by Gasteiger charge is 2.17. The van der Waals surface area contributed by atoms with Crippen LogP contribution in [0.25, 0.3) is 0 Å². The normalized spacial score (nSPS) is 13.3. The molecule has 0 heterocycles. The zero-order valence-corrected chi connectivity index (χ0v) is 15.4. The number of amides is 1. The number of hydrogen-bond acceptors (Lipinski definition) is 4. The maximum atomic E-state index is 12.6. The van der Waals surface area contributed by atoms with Crippen molar-refractivity contribution in [2.24, 2.45) is 0 Å². The van der Waals surface area contributed by atoms with Gasteiger partial charge in [0.05, 0.1) is 5.56 Å². The molecule has 0 aromatic heterocycles. The average molecular weight is 354 g/mol. The molecule has 0 aliphatic heterocycles. The largest absolute Gasteiger partial charge is 0.507 e. The van der Waals surface area contributed by atoms with E-state index in [4.69, 9.17) is 4.74 Å². The van der Waals surface area contributed by atoms with Crippen LogP contribution in [0.3, 0.4) is 0 Å². The van der Waals surface area contributed by atoms with Gasteiger partial charge in [-0.3, -0.25) is 4.79 Å². The van der Waals surface area contributed by atoms with E-state index < -0.39 is 0 Å². The maximum absolute atomic E-state index is 12.6. The molecule has 0 bridgehead atoms. The minimum atomic E-state index is -0.304. The summed E-state index contributed by atoms with van der Waals surface area (Å²) < 4.78 is 5.70.